The Morgan fingerprint density at radius 1 is 1.00 bits per heavy atom. The predicted octanol–water partition coefficient (Wildman–Crippen LogP) is 1.45. The first-order valence-corrected chi connectivity index (χ1v) is 10.1. The van der Waals surface area contributed by atoms with Crippen LogP contribution in [0.3, 0.4) is 0 Å². The summed E-state index contributed by atoms with van der Waals surface area (Å²) < 4.78 is 18.1. The fourth-order valence-corrected chi connectivity index (χ4v) is 4.26. The van der Waals surface area contributed by atoms with Gasteiger partial charge in [0, 0.05) is 44.7 Å². The van der Waals surface area contributed by atoms with Gasteiger partial charge in [-0.25, -0.2) is 4.98 Å². The second-order valence-corrected chi connectivity index (χ2v) is 8.30. The summed E-state index contributed by atoms with van der Waals surface area (Å²) in [6.07, 6.45) is 3.95. The minimum absolute atomic E-state index is 0.0705. The molecular formula is C21H30N4O4. The van der Waals surface area contributed by atoms with Crippen LogP contribution in [0.25, 0.3) is 10.9 Å². The normalized spacial score (nSPS) is 19.3. The van der Waals surface area contributed by atoms with Gasteiger partial charge in [0.15, 0.2) is 11.5 Å². The van der Waals surface area contributed by atoms with E-state index >= 15 is 0 Å². The Bertz CT molecular complexity index is 946. The molecule has 1 aliphatic heterocycles. The van der Waals surface area contributed by atoms with E-state index in [1.807, 2.05) is 0 Å². The molecule has 0 amide bonds. The van der Waals surface area contributed by atoms with E-state index in [1.165, 1.54) is 0 Å². The first-order chi connectivity index (χ1) is 14.0. The number of hydrogen-bond donors (Lipinski definition) is 0. The van der Waals surface area contributed by atoms with E-state index in [4.69, 9.17) is 14.2 Å². The summed E-state index contributed by atoms with van der Waals surface area (Å²) in [5, 5.41) is 0.484. The average molecular weight is 402 g/mol. The van der Waals surface area contributed by atoms with Crippen LogP contribution in [0.1, 0.15) is 12.8 Å². The third-order valence-electron chi connectivity index (χ3n) is 6.24. The second-order valence-electron chi connectivity index (χ2n) is 8.30. The number of rotatable bonds is 7. The first-order valence-electron chi connectivity index (χ1n) is 10.1. The Balaban J connectivity index is 1.63. The maximum atomic E-state index is 13.3. The minimum Gasteiger partial charge on any atom is -0.493 e. The summed E-state index contributed by atoms with van der Waals surface area (Å²) in [7, 11) is 6.80. The fraction of sp³-hybridized carbons (Fsp3) is 0.619. The molecule has 2 aliphatic rings. The number of benzene rings is 1. The number of fused-ring (bicyclic) bond motifs is 1. The maximum absolute atomic E-state index is 13.3. The summed E-state index contributed by atoms with van der Waals surface area (Å²) >= 11 is 0. The third kappa shape index (κ3) is 3.79. The zero-order valence-electron chi connectivity index (χ0n) is 17.7. The lowest BCUT2D eigenvalue weighted by atomic mass is 10.1. The topological polar surface area (TPSA) is 69.1 Å². The van der Waals surface area contributed by atoms with Crippen LogP contribution < -0.4 is 19.8 Å². The quantitative estimate of drug-likeness (QED) is 0.694. The second kappa shape index (κ2) is 7.84. The highest BCUT2D eigenvalue weighted by molar-refractivity contribution is 5.89. The molecule has 8 heteroatoms. The third-order valence-corrected chi connectivity index (χ3v) is 6.24. The molecule has 2 fully saturated rings. The molecule has 1 saturated heterocycles. The van der Waals surface area contributed by atoms with E-state index in [0.29, 0.717) is 34.7 Å². The van der Waals surface area contributed by atoms with Crippen molar-refractivity contribution >= 4 is 10.9 Å². The Hall–Kier alpha value is -2.32. The van der Waals surface area contributed by atoms with Crippen molar-refractivity contribution in [2.45, 2.75) is 19.4 Å². The zero-order chi connectivity index (χ0) is 20.6. The largest absolute Gasteiger partial charge is 0.493 e. The highest BCUT2D eigenvalue weighted by Crippen LogP contribution is 2.48. The summed E-state index contributed by atoms with van der Waals surface area (Å²) in [4.78, 5) is 22.7. The van der Waals surface area contributed by atoms with Crippen molar-refractivity contribution in [1.29, 1.82) is 0 Å². The smallest absolute Gasteiger partial charge is 0.261 e. The van der Waals surface area contributed by atoms with Gasteiger partial charge in [-0.3, -0.25) is 9.36 Å². The highest BCUT2D eigenvalue weighted by atomic mass is 16.5. The fourth-order valence-electron chi connectivity index (χ4n) is 4.26. The lowest BCUT2D eigenvalue weighted by molar-refractivity contribution is 0.125. The molecule has 0 atom stereocenters. The molecule has 8 nitrogen and oxygen atoms in total. The van der Waals surface area contributed by atoms with Crippen LogP contribution in [0.5, 0.6) is 17.2 Å². The number of ether oxygens (including phenoxy) is 3. The Morgan fingerprint density at radius 3 is 2.28 bits per heavy atom. The van der Waals surface area contributed by atoms with Gasteiger partial charge < -0.3 is 24.0 Å². The van der Waals surface area contributed by atoms with E-state index in [-0.39, 0.29) is 11.0 Å². The maximum Gasteiger partial charge on any atom is 0.261 e. The number of likely N-dealkylation sites (N-methyl/N-ethyl adjacent to an activating group) is 1. The molecule has 1 saturated carbocycles. The molecule has 2 aromatic rings. The van der Waals surface area contributed by atoms with Crippen molar-refractivity contribution in [1.82, 2.24) is 19.4 Å². The number of methoxy groups -OCH3 is 3. The van der Waals surface area contributed by atoms with Gasteiger partial charge in [0.05, 0.1) is 33.0 Å². The van der Waals surface area contributed by atoms with Crippen molar-refractivity contribution < 1.29 is 14.2 Å². The standard InChI is InChI=1S/C21H30N4O4/c1-23-7-9-24(10-8-23)12-21(5-6-21)13-25-14-22-17-15(20(25)26)11-16(27-2)18(28-3)19(17)29-4/h11,14H,5-10,12-13H2,1-4H3. The molecule has 29 heavy (non-hydrogen) atoms. The van der Waals surface area contributed by atoms with Crippen molar-refractivity contribution in [3.05, 3.63) is 22.7 Å². The molecule has 1 aromatic heterocycles. The van der Waals surface area contributed by atoms with Crippen molar-refractivity contribution in [2.75, 3.05) is 61.1 Å². The van der Waals surface area contributed by atoms with Gasteiger partial charge in [-0.05, 0) is 26.0 Å². The van der Waals surface area contributed by atoms with Crippen LogP contribution in [0.2, 0.25) is 0 Å². The zero-order valence-corrected chi connectivity index (χ0v) is 17.7. The molecule has 0 unspecified atom stereocenters. The Kier molecular flexibility index (Phi) is 5.40. The van der Waals surface area contributed by atoms with Crippen LogP contribution in [0, 0.1) is 5.41 Å². The summed E-state index contributed by atoms with van der Waals surface area (Å²) in [6, 6.07) is 1.70. The number of nitrogens with zero attached hydrogens (tertiary/aromatic N) is 4. The summed E-state index contributed by atoms with van der Waals surface area (Å²) in [5.41, 5.74) is 0.602. The van der Waals surface area contributed by atoms with Crippen LogP contribution in [-0.2, 0) is 6.54 Å². The molecule has 1 aromatic carbocycles. The summed E-state index contributed by atoms with van der Waals surface area (Å²) in [6.45, 7) is 6.14. The molecule has 0 N–H and O–H groups in total. The lowest BCUT2D eigenvalue weighted by Gasteiger charge is -2.35. The van der Waals surface area contributed by atoms with Gasteiger partial charge in [0.25, 0.3) is 5.56 Å². The number of piperazine rings is 1. The van der Waals surface area contributed by atoms with Crippen molar-refractivity contribution in [2.24, 2.45) is 5.41 Å². The van der Waals surface area contributed by atoms with E-state index in [0.717, 1.165) is 45.6 Å². The van der Waals surface area contributed by atoms with Crippen LogP contribution in [-0.4, -0.2) is 80.5 Å². The van der Waals surface area contributed by atoms with Crippen LogP contribution >= 0.6 is 0 Å². The van der Waals surface area contributed by atoms with E-state index in [2.05, 4.69) is 21.8 Å². The van der Waals surface area contributed by atoms with Crippen LogP contribution in [0.4, 0.5) is 0 Å². The lowest BCUT2D eigenvalue weighted by Crippen LogP contribution is -2.47. The average Bonchev–Trinajstić information content (AvgIpc) is 3.49. The van der Waals surface area contributed by atoms with Gasteiger partial charge in [-0.1, -0.05) is 0 Å². The minimum atomic E-state index is -0.0705. The molecule has 2 heterocycles. The van der Waals surface area contributed by atoms with E-state index < -0.39 is 0 Å². The highest BCUT2D eigenvalue weighted by Gasteiger charge is 2.44. The van der Waals surface area contributed by atoms with Gasteiger partial charge in [-0.15, -0.1) is 0 Å². The summed E-state index contributed by atoms with van der Waals surface area (Å²) in [5.74, 6) is 1.33. The van der Waals surface area contributed by atoms with E-state index in [1.54, 1.807) is 38.3 Å². The van der Waals surface area contributed by atoms with Gasteiger partial charge >= 0.3 is 0 Å². The molecule has 0 bridgehead atoms. The molecule has 4 rings (SSSR count). The molecular weight excluding hydrogens is 372 g/mol. The molecule has 0 spiro atoms. The van der Waals surface area contributed by atoms with E-state index in [9.17, 15) is 4.79 Å². The van der Waals surface area contributed by atoms with Crippen LogP contribution in [0.15, 0.2) is 17.2 Å². The monoisotopic (exact) mass is 402 g/mol. The Labute approximate surface area is 171 Å². The molecule has 0 radical (unpaired) electrons. The van der Waals surface area contributed by atoms with Crippen molar-refractivity contribution in [3.63, 3.8) is 0 Å². The predicted molar refractivity (Wildman–Crippen MR) is 111 cm³/mol. The SMILES string of the molecule is COc1cc2c(=O)n(CC3(CN4CCN(C)CC4)CC3)cnc2c(OC)c1OC. The number of aromatic nitrogens is 2. The molecule has 158 valence electrons. The molecule has 1 aliphatic carbocycles. The first kappa shape index (κ1) is 20.0. The van der Waals surface area contributed by atoms with Gasteiger partial charge in [0.2, 0.25) is 5.75 Å². The van der Waals surface area contributed by atoms with Gasteiger partial charge in [-0.2, -0.15) is 0 Å². The van der Waals surface area contributed by atoms with Crippen molar-refractivity contribution in [3.8, 4) is 17.2 Å². The Morgan fingerprint density at radius 2 is 1.69 bits per heavy atom. The number of hydrogen-bond acceptors (Lipinski definition) is 7. The van der Waals surface area contributed by atoms with Gasteiger partial charge in [0.1, 0.15) is 5.52 Å².